The Morgan fingerprint density at radius 1 is 1.14 bits per heavy atom. The summed E-state index contributed by atoms with van der Waals surface area (Å²) in [4.78, 5) is 0.148. The Balaban J connectivity index is 1.76. The van der Waals surface area contributed by atoms with Gasteiger partial charge in [-0.25, -0.2) is 17.5 Å². The van der Waals surface area contributed by atoms with Gasteiger partial charge in [0.2, 0.25) is 10.0 Å². The molecule has 0 aromatic heterocycles. The average Bonchev–Trinajstić information content (AvgIpc) is 3.27. The zero-order valence-electron chi connectivity index (χ0n) is 11.7. The predicted octanol–water partition coefficient (Wildman–Crippen LogP) is 3.49. The van der Waals surface area contributed by atoms with Gasteiger partial charge in [0.1, 0.15) is 5.82 Å². The average molecular weight is 340 g/mol. The highest BCUT2D eigenvalue weighted by Gasteiger charge is 2.44. The molecule has 0 saturated heterocycles. The second-order valence-corrected chi connectivity index (χ2v) is 7.77. The van der Waals surface area contributed by atoms with Crippen molar-refractivity contribution < 1.29 is 12.8 Å². The molecule has 3 rings (SSSR count). The fraction of sp³-hybridized carbons (Fsp3) is 0.250. The molecule has 0 bridgehead atoms. The molecule has 1 aliphatic rings. The van der Waals surface area contributed by atoms with Crippen molar-refractivity contribution in [1.29, 1.82) is 0 Å². The van der Waals surface area contributed by atoms with Crippen LogP contribution in [0.5, 0.6) is 0 Å². The maximum Gasteiger partial charge on any atom is 0.240 e. The molecule has 0 aliphatic heterocycles. The molecule has 0 atom stereocenters. The first kappa shape index (κ1) is 15.5. The minimum atomic E-state index is -3.60. The lowest BCUT2D eigenvalue weighted by molar-refractivity contribution is 0.566. The topological polar surface area (TPSA) is 46.2 Å². The third kappa shape index (κ3) is 3.16. The molecular formula is C16H15ClFNO2S. The molecule has 0 amide bonds. The number of nitrogens with one attached hydrogen (secondary N) is 1. The van der Waals surface area contributed by atoms with Crippen molar-refractivity contribution >= 4 is 21.6 Å². The normalized spacial score (nSPS) is 16.5. The van der Waals surface area contributed by atoms with Crippen molar-refractivity contribution in [2.24, 2.45) is 0 Å². The molecule has 1 aliphatic carbocycles. The summed E-state index contributed by atoms with van der Waals surface area (Å²) in [6.45, 7) is 0.299. The molecule has 0 unspecified atom stereocenters. The molecular weight excluding hydrogens is 325 g/mol. The Morgan fingerprint density at radius 2 is 1.82 bits per heavy atom. The first-order valence-corrected chi connectivity index (χ1v) is 8.79. The molecule has 116 valence electrons. The lowest BCUT2D eigenvalue weighted by Crippen LogP contribution is -2.32. The molecule has 2 aromatic rings. The van der Waals surface area contributed by atoms with Crippen molar-refractivity contribution in [2.45, 2.75) is 23.2 Å². The van der Waals surface area contributed by atoms with E-state index in [1.165, 1.54) is 24.3 Å². The minimum absolute atomic E-state index is 0.148. The predicted molar refractivity (Wildman–Crippen MR) is 84.0 cm³/mol. The van der Waals surface area contributed by atoms with Crippen molar-refractivity contribution in [1.82, 2.24) is 4.72 Å². The van der Waals surface area contributed by atoms with Gasteiger partial charge < -0.3 is 0 Å². The lowest BCUT2D eigenvalue weighted by atomic mass is 9.96. The summed E-state index contributed by atoms with van der Waals surface area (Å²) in [5.41, 5.74) is 0.738. The Kier molecular flexibility index (Phi) is 3.97. The van der Waals surface area contributed by atoms with E-state index in [4.69, 9.17) is 11.6 Å². The zero-order valence-corrected chi connectivity index (χ0v) is 13.3. The van der Waals surface area contributed by atoms with E-state index < -0.39 is 10.0 Å². The fourth-order valence-electron chi connectivity index (χ4n) is 2.47. The second kappa shape index (κ2) is 5.65. The summed E-state index contributed by atoms with van der Waals surface area (Å²) in [5.74, 6) is -0.293. The molecule has 0 heterocycles. The monoisotopic (exact) mass is 339 g/mol. The van der Waals surface area contributed by atoms with Gasteiger partial charge in [0, 0.05) is 17.0 Å². The first-order chi connectivity index (χ1) is 10.4. The Bertz CT molecular complexity index is 786. The Morgan fingerprint density at radius 3 is 2.41 bits per heavy atom. The highest BCUT2D eigenvalue weighted by atomic mass is 35.5. The van der Waals surface area contributed by atoms with Crippen LogP contribution in [0.4, 0.5) is 4.39 Å². The van der Waals surface area contributed by atoms with Gasteiger partial charge in [-0.1, -0.05) is 29.8 Å². The van der Waals surface area contributed by atoms with Gasteiger partial charge in [0.15, 0.2) is 0 Å². The van der Waals surface area contributed by atoms with Crippen LogP contribution in [-0.2, 0) is 15.4 Å². The van der Waals surface area contributed by atoms with E-state index >= 15 is 0 Å². The zero-order chi connectivity index (χ0) is 15.8. The summed E-state index contributed by atoms with van der Waals surface area (Å²) in [6, 6.07) is 12.4. The molecule has 0 radical (unpaired) electrons. The molecule has 22 heavy (non-hydrogen) atoms. The summed E-state index contributed by atoms with van der Waals surface area (Å²) < 4.78 is 40.3. The standard InChI is InChI=1S/C16H15ClFNO2S/c17-13-2-1-3-15(10-13)22(20,21)19-11-16(8-9-16)12-4-6-14(18)7-5-12/h1-7,10,19H,8-9,11H2. The number of hydrogen-bond donors (Lipinski definition) is 1. The molecule has 6 heteroatoms. The summed E-state index contributed by atoms with van der Waals surface area (Å²) in [7, 11) is -3.60. The van der Waals surface area contributed by atoms with E-state index in [1.54, 1.807) is 24.3 Å². The largest absolute Gasteiger partial charge is 0.240 e. The summed E-state index contributed by atoms with van der Waals surface area (Å²) in [5, 5.41) is 0.377. The van der Waals surface area contributed by atoms with Crippen LogP contribution < -0.4 is 4.72 Å². The molecule has 3 nitrogen and oxygen atoms in total. The lowest BCUT2D eigenvalue weighted by Gasteiger charge is -2.17. The maximum absolute atomic E-state index is 13.0. The van der Waals surface area contributed by atoms with Crippen molar-refractivity contribution in [3.05, 3.63) is 64.9 Å². The van der Waals surface area contributed by atoms with Gasteiger partial charge in [-0.3, -0.25) is 0 Å². The van der Waals surface area contributed by atoms with Crippen LogP contribution in [0.2, 0.25) is 5.02 Å². The quantitative estimate of drug-likeness (QED) is 0.906. The van der Waals surface area contributed by atoms with Crippen LogP contribution in [0.1, 0.15) is 18.4 Å². The minimum Gasteiger partial charge on any atom is -0.210 e. The van der Waals surface area contributed by atoms with Gasteiger partial charge in [-0.2, -0.15) is 0 Å². The summed E-state index contributed by atoms with van der Waals surface area (Å²) in [6.07, 6.45) is 1.77. The number of rotatable bonds is 5. The van der Waals surface area contributed by atoms with E-state index in [-0.39, 0.29) is 16.1 Å². The van der Waals surface area contributed by atoms with Gasteiger partial charge >= 0.3 is 0 Å². The summed E-state index contributed by atoms with van der Waals surface area (Å²) >= 11 is 5.84. The molecule has 1 saturated carbocycles. The molecule has 1 N–H and O–H groups in total. The third-order valence-corrected chi connectivity index (χ3v) is 5.65. The van der Waals surface area contributed by atoms with Crippen LogP contribution in [0.3, 0.4) is 0 Å². The van der Waals surface area contributed by atoms with Crippen LogP contribution in [0, 0.1) is 5.82 Å². The van der Waals surface area contributed by atoms with Gasteiger partial charge in [-0.15, -0.1) is 0 Å². The highest BCUT2D eigenvalue weighted by Crippen LogP contribution is 2.47. The Labute approximate surface area is 134 Å². The number of benzene rings is 2. The van der Waals surface area contributed by atoms with Crippen molar-refractivity contribution in [2.75, 3.05) is 6.54 Å². The third-order valence-electron chi connectivity index (χ3n) is 4.02. The molecule has 2 aromatic carbocycles. The Hall–Kier alpha value is -1.43. The van der Waals surface area contributed by atoms with Crippen LogP contribution in [0.15, 0.2) is 53.4 Å². The molecule has 1 fully saturated rings. The fourth-order valence-corrected chi connectivity index (χ4v) is 3.90. The number of hydrogen-bond acceptors (Lipinski definition) is 2. The van der Waals surface area contributed by atoms with E-state index in [0.717, 1.165) is 18.4 Å². The second-order valence-electron chi connectivity index (χ2n) is 5.57. The van der Waals surface area contributed by atoms with E-state index in [1.807, 2.05) is 0 Å². The van der Waals surface area contributed by atoms with Crippen LogP contribution >= 0.6 is 11.6 Å². The van der Waals surface area contributed by atoms with Crippen molar-refractivity contribution in [3.8, 4) is 0 Å². The van der Waals surface area contributed by atoms with Crippen LogP contribution in [-0.4, -0.2) is 15.0 Å². The number of halogens is 2. The van der Waals surface area contributed by atoms with Crippen molar-refractivity contribution in [3.63, 3.8) is 0 Å². The van der Waals surface area contributed by atoms with Gasteiger partial charge in [0.05, 0.1) is 4.90 Å². The first-order valence-electron chi connectivity index (χ1n) is 6.93. The SMILES string of the molecule is O=S(=O)(NCC1(c2ccc(F)cc2)CC1)c1cccc(Cl)c1. The van der Waals surface area contributed by atoms with E-state index in [9.17, 15) is 12.8 Å². The van der Waals surface area contributed by atoms with E-state index in [2.05, 4.69) is 4.72 Å². The highest BCUT2D eigenvalue weighted by molar-refractivity contribution is 7.89. The number of sulfonamides is 1. The smallest absolute Gasteiger partial charge is 0.210 e. The molecule has 0 spiro atoms. The maximum atomic E-state index is 13.0. The van der Waals surface area contributed by atoms with Gasteiger partial charge in [-0.05, 0) is 48.7 Å². The van der Waals surface area contributed by atoms with Crippen LogP contribution in [0.25, 0.3) is 0 Å². The van der Waals surface area contributed by atoms with E-state index in [0.29, 0.717) is 11.6 Å². The van der Waals surface area contributed by atoms with Gasteiger partial charge in [0.25, 0.3) is 0 Å².